The van der Waals surface area contributed by atoms with E-state index in [0.29, 0.717) is 6.42 Å². The predicted molar refractivity (Wildman–Crippen MR) is 143 cm³/mol. The van der Waals surface area contributed by atoms with Gasteiger partial charge in [0, 0.05) is 36.3 Å². The Morgan fingerprint density at radius 3 is 2.61 bits per heavy atom. The number of thiazole rings is 1. The number of esters is 1. The van der Waals surface area contributed by atoms with Crippen molar-refractivity contribution < 1.29 is 24.5 Å². The Balaban J connectivity index is 1.85. The van der Waals surface area contributed by atoms with E-state index in [0.717, 1.165) is 35.7 Å². The molecule has 202 valence electrons. The molecule has 8 nitrogen and oxygen atoms in total. The topological polar surface area (TPSA) is 131 Å². The third-order valence-electron chi connectivity index (χ3n) is 8.23. The summed E-state index contributed by atoms with van der Waals surface area (Å²) in [6.07, 6.45) is 2.40. The van der Waals surface area contributed by atoms with Crippen molar-refractivity contribution in [1.82, 2.24) is 10.3 Å². The van der Waals surface area contributed by atoms with Crippen LogP contribution in [-0.2, 0) is 14.3 Å². The first-order chi connectivity index (χ1) is 16.8. The van der Waals surface area contributed by atoms with Gasteiger partial charge in [-0.05, 0) is 44.3 Å². The SMILES string of the molecule is CNc1nc(/C=C(\C)[C@@H]2C[C@@H]3N[C@]3(C)CCC[C@H](C)[C@H](O)[C@@H](C)C(=O)C(C)(C)[C@@H](O)CC(=O)O2)cs1. The lowest BCUT2D eigenvalue weighted by molar-refractivity contribution is -0.154. The Kier molecular flexibility index (Phi) is 9.02. The van der Waals surface area contributed by atoms with Gasteiger partial charge in [0.25, 0.3) is 0 Å². The van der Waals surface area contributed by atoms with Crippen LogP contribution in [0.2, 0.25) is 0 Å². The zero-order chi connectivity index (χ0) is 26.8. The Morgan fingerprint density at radius 1 is 1.28 bits per heavy atom. The number of ether oxygens (including phenoxy) is 1. The van der Waals surface area contributed by atoms with Crippen LogP contribution in [-0.4, -0.2) is 63.9 Å². The van der Waals surface area contributed by atoms with Crippen molar-refractivity contribution in [2.75, 3.05) is 12.4 Å². The minimum atomic E-state index is -1.22. The highest BCUT2D eigenvalue weighted by Crippen LogP contribution is 2.38. The molecule has 3 rings (SSSR count). The third-order valence-corrected chi connectivity index (χ3v) is 9.10. The van der Waals surface area contributed by atoms with E-state index in [-0.39, 0.29) is 29.7 Å². The molecule has 36 heavy (non-hydrogen) atoms. The van der Waals surface area contributed by atoms with E-state index in [1.165, 1.54) is 11.3 Å². The second kappa shape index (κ2) is 11.3. The highest BCUT2D eigenvalue weighted by Gasteiger charge is 2.50. The average molecular weight is 522 g/mol. The Hall–Kier alpha value is -1.81. The summed E-state index contributed by atoms with van der Waals surface area (Å²) >= 11 is 1.50. The van der Waals surface area contributed by atoms with Crippen LogP contribution in [0.4, 0.5) is 5.13 Å². The van der Waals surface area contributed by atoms with Crippen molar-refractivity contribution in [3.63, 3.8) is 0 Å². The number of hydrogen-bond acceptors (Lipinski definition) is 9. The second-order valence-corrected chi connectivity index (χ2v) is 12.4. The maximum atomic E-state index is 13.2. The van der Waals surface area contributed by atoms with Gasteiger partial charge in [-0.3, -0.25) is 9.59 Å². The van der Waals surface area contributed by atoms with Gasteiger partial charge in [-0.25, -0.2) is 4.98 Å². The Morgan fingerprint density at radius 2 is 1.97 bits per heavy atom. The normalized spacial score (nSPS) is 36.6. The number of aromatic nitrogens is 1. The van der Waals surface area contributed by atoms with Crippen LogP contribution in [0.15, 0.2) is 11.0 Å². The molecule has 0 aromatic carbocycles. The number of rotatable bonds is 3. The van der Waals surface area contributed by atoms with E-state index in [1.807, 2.05) is 32.4 Å². The first-order valence-electron chi connectivity index (χ1n) is 13.0. The van der Waals surface area contributed by atoms with Gasteiger partial charge in [-0.1, -0.05) is 34.1 Å². The highest BCUT2D eigenvalue weighted by molar-refractivity contribution is 7.13. The lowest BCUT2D eigenvalue weighted by Crippen LogP contribution is -2.45. The third kappa shape index (κ3) is 6.54. The molecule has 4 N–H and O–H groups in total. The lowest BCUT2D eigenvalue weighted by atomic mass is 9.73. The largest absolute Gasteiger partial charge is 0.458 e. The van der Waals surface area contributed by atoms with Crippen LogP contribution >= 0.6 is 11.3 Å². The molecular weight excluding hydrogens is 478 g/mol. The fourth-order valence-corrected chi connectivity index (χ4v) is 5.87. The monoisotopic (exact) mass is 521 g/mol. The molecule has 2 saturated heterocycles. The molecule has 0 radical (unpaired) electrons. The number of nitrogens with one attached hydrogen (secondary N) is 2. The number of nitrogens with zero attached hydrogens (tertiary/aromatic N) is 1. The summed E-state index contributed by atoms with van der Waals surface area (Å²) in [6, 6.07) is 0.192. The maximum Gasteiger partial charge on any atom is 0.309 e. The molecule has 0 spiro atoms. The molecule has 1 aromatic heterocycles. The van der Waals surface area contributed by atoms with Crippen LogP contribution in [0, 0.1) is 17.3 Å². The lowest BCUT2D eigenvalue weighted by Gasteiger charge is -2.34. The minimum Gasteiger partial charge on any atom is -0.458 e. The fourth-order valence-electron chi connectivity index (χ4n) is 5.24. The van der Waals surface area contributed by atoms with Crippen LogP contribution in [0.3, 0.4) is 0 Å². The number of carbonyl (C=O) groups is 2. The Bertz CT molecular complexity index is 976. The van der Waals surface area contributed by atoms with Gasteiger partial charge in [0.15, 0.2) is 5.13 Å². The molecule has 2 aliphatic heterocycles. The van der Waals surface area contributed by atoms with Gasteiger partial charge < -0.3 is 25.6 Å². The van der Waals surface area contributed by atoms with Crippen molar-refractivity contribution in [1.29, 1.82) is 0 Å². The van der Waals surface area contributed by atoms with Crippen LogP contribution < -0.4 is 10.6 Å². The predicted octanol–water partition coefficient (Wildman–Crippen LogP) is 3.78. The van der Waals surface area contributed by atoms with Crippen molar-refractivity contribution >= 4 is 34.3 Å². The number of hydrogen-bond donors (Lipinski definition) is 4. The molecule has 7 atom stereocenters. The summed E-state index contributed by atoms with van der Waals surface area (Å²) in [6.45, 7) is 11.1. The molecule has 2 fully saturated rings. The van der Waals surface area contributed by atoms with Gasteiger partial charge in [-0.2, -0.15) is 0 Å². The van der Waals surface area contributed by atoms with Crippen molar-refractivity contribution in [3.8, 4) is 0 Å². The zero-order valence-electron chi connectivity index (χ0n) is 22.6. The quantitative estimate of drug-likeness (QED) is 0.349. The van der Waals surface area contributed by atoms with E-state index in [2.05, 4.69) is 22.5 Å². The molecule has 0 bridgehead atoms. The zero-order valence-corrected chi connectivity index (χ0v) is 23.4. The molecule has 0 saturated carbocycles. The number of anilines is 1. The number of fused-ring (bicyclic) bond motifs is 1. The summed E-state index contributed by atoms with van der Waals surface area (Å²) in [4.78, 5) is 30.7. The first kappa shape index (κ1) is 28.8. The van der Waals surface area contributed by atoms with E-state index < -0.39 is 35.6 Å². The van der Waals surface area contributed by atoms with E-state index in [4.69, 9.17) is 4.74 Å². The minimum absolute atomic E-state index is 0.0471. The molecule has 0 aliphatic carbocycles. The van der Waals surface area contributed by atoms with Crippen molar-refractivity contribution in [2.24, 2.45) is 17.3 Å². The van der Waals surface area contributed by atoms with Crippen LogP contribution in [0.25, 0.3) is 6.08 Å². The smallest absolute Gasteiger partial charge is 0.309 e. The van der Waals surface area contributed by atoms with Gasteiger partial charge in [0.1, 0.15) is 11.9 Å². The standard InChI is InChI=1S/C27H43N3O5S/c1-15-9-8-10-27(6)20(30-27)12-19(16(2)11-18-14-36-25(28-7)29-18)35-22(32)13-21(31)26(4,5)24(34)17(3)23(15)33/h11,14-15,17,19-21,23,30-31,33H,8-10,12-13H2,1-7H3,(H,28,29)/b16-11+/t15-,17+,19-,20-,21-,23-,27+/m0/s1. The molecule has 0 unspecified atom stereocenters. The first-order valence-corrected chi connectivity index (χ1v) is 13.9. The summed E-state index contributed by atoms with van der Waals surface area (Å²) in [5, 5.41) is 31.1. The van der Waals surface area contributed by atoms with Crippen molar-refractivity contribution in [3.05, 3.63) is 16.6 Å². The number of carbonyl (C=O) groups excluding carboxylic acids is 2. The van der Waals surface area contributed by atoms with Gasteiger partial charge in [0.05, 0.1) is 29.7 Å². The number of aliphatic hydroxyl groups is 2. The van der Waals surface area contributed by atoms with Crippen molar-refractivity contribution in [2.45, 2.75) is 104 Å². The summed E-state index contributed by atoms with van der Waals surface area (Å²) in [5.41, 5.74) is 0.418. The van der Waals surface area contributed by atoms with Gasteiger partial charge in [0.2, 0.25) is 0 Å². The second-order valence-electron chi connectivity index (χ2n) is 11.5. The number of cyclic esters (lactones) is 1. The average Bonchev–Trinajstić information content (AvgIpc) is 3.23. The maximum absolute atomic E-state index is 13.2. The molecule has 3 heterocycles. The summed E-state index contributed by atoms with van der Waals surface area (Å²) in [7, 11) is 1.82. The number of aliphatic hydroxyl groups excluding tert-OH is 2. The van der Waals surface area contributed by atoms with Crippen LogP contribution in [0.5, 0.6) is 0 Å². The van der Waals surface area contributed by atoms with Gasteiger partial charge >= 0.3 is 5.97 Å². The number of Topliss-reactive ketones (excluding diaryl/α,β-unsaturated/α-hetero) is 1. The molecule has 0 amide bonds. The highest BCUT2D eigenvalue weighted by atomic mass is 32.1. The van der Waals surface area contributed by atoms with E-state index in [9.17, 15) is 19.8 Å². The number of ketones is 1. The molecular formula is C27H43N3O5S. The Labute approximate surface area is 218 Å². The van der Waals surface area contributed by atoms with Crippen LogP contribution in [0.1, 0.15) is 79.3 Å². The fraction of sp³-hybridized carbons (Fsp3) is 0.741. The molecule has 9 heteroatoms. The summed E-state index contributed by atoms with van der Waals surface area (Å²) in [5.74, 6) is -1.49. The molecule has 2 aliphatic rings. The van der Waals surface area contributed by atoms with Gasteiger partial charge in [-0.15, -0.1) is 11.3 Å². The van der Waals surface area contributed by atoms with E-state index in [1.54, 1.807) is 20.8 Å². The molecule has 1 aromatic rings. The van der Waals surface area contributed by atoms with E-state index >= 15 is 0 Å². The summed E-state index contributed by atoms with van der Waals surface area (Å²) < 4.78 is 5.92.